The molecule has 3 rings (SSSR count). The van der Waals surface area contributed by atoms with Crippen molar-refractivity contribution in [2.24, 2.45) is 17.8 Å². The maximum absolute atomic E-state index is 12.6. The summed E-state index contributed by atoms with van der Waals surface area (Å²) in [6.45, 7) is 5.35. The van der Waals surface area contributed by atoms with Crippen molar-refractivity contribution < 1.29 is 14.3 Å². The van der Waals surface area contributed by atoms with Gasteiger partial charge in [0.05, 0.1) is 12.0 Å². The number of hydrogen-bond donors (Lipinski definition) is 0. The predicted molar refractivity (Wildman–Crippen MR) is 132 cm³/mol. The van der Waals surface area contributed by atoms with Crippen LogP contribution in [-0.4, -0.2) is 18.7 Å². The van der Waals surface area contributed by atoms with Crippen LogP contribution in [0.15, 0.2) is 36.4 Å². The zero-order valence-corrected chi connectivity index (χ0v) is 20.4. The Morgan fingerprint density at radius 3 is 2.06 bits per heavy atom. The van der Waals surface area contributed by atoms with Crippen molar-refractivity contribution in [2.75, 3.05) is 6.61 Å². The summed E-state index contributed by atoms with van der Waals surface area (Å²) in [7, 11) is 0. The normalized spacial score (nSPS) is 26.3. The molecule has 1 aromatic rings. The molecule has 0 unspecified atom stereocenters. The maximum Gasteiger partial charge on any atom is 0.314 e. The lowest BCUT2D eigenvalue weighted by atomic mass is 9.80. The lowest BCUT2D eigenvalue weighted by Gasteiger charge is -2.28. The molecule has 0 aliphatic heterocycles. The van der Waals surface area contributed by atoms with Crippen LogP contribution in [0, 0.1) is 17.8 Å². The van der Waals surface area contributed by atoms with E-state index in [1.54, 1.807) is 0 Å². The molecule has 0 spiro atoms. The van der Waals surface area contributed by atoms with Gasteiger partial charge in [-0.15, -0.1) is 0 Å². The summed E-state index contributed by atoms with van der Waals surface area (Å²) in [6.07, 6.45) is 20.4. The van der Waals surface area contributed by atoms with Crippen molar-refractivity contribution in [3.8, 4) is 5.75 Å². The van der Waals surface area contributed by atoms with Gasteiger partial charge in [0.1, 0.15) is 5.75 Å². The number of allylic oxidation sites excluding steroid dienone is 2. The molecule has 0 saturated heterocycles. The highest BCUT2D eigenvalue weighted by molar-refractivity contribution is 5.75. The van der Waals surface area contributed by atoms with E-state index in [9.17, 15) is 4.79 Å². The molecule has 1 aromatic carbocycles. The molecule has 0 heterocycles. The Morgan fingerprint density at radius 1 is 0.844 bits per heavy atom. The average molecular weight is 441 g/mol. The lowest BCUT2D eigenvalue weighted by molar-refractivity contribution is -0.140. The minimum absolute atomic E-state index is 0.0482. The van der Waals surface area contributed by atoms with Gasteiger partial charge in [0, 0.05) is 6.61 Å². The minimum atomic E-state index is -0.0482. The van der Waals surface area contributed by atoms with Crippen molar-refractivity contribution >= 4 is 5.97 Å². The first-order chi connectivity index (χ1) is 15.7. The van der Waals surface area contributed by atoms with E-state index in [2.05, 4.69) is 38.1 Å². The van der Waals surface area contributed by atoms with E-state index in [0.29, 0.717) is 23.7 Å². The number of rotatable bonds is 11. The van der Waals surface area contributed by atoms with Gasteiger partial charge < -0.3 is 9.47 Å². The quantitative estimate of drug-likeness (QED) is 0.153. The van der Waals surface area contributed by atoms with Crippen molar-refractivity contribution in [2.45, 2.75) is 103 Å². The second-order valence-electron chi connectivity index (χ2n) is 9.93. The molecule has 32 heavy (non-hydrogen) atoms. The van der Waals surface area contributed by atoms with Gasteiger partial charge in [-0.1, -0.05) is 57.4 Å². The lowest BCUT2D eigenvalue weighted by Crippen LogP contribution is -2.25. The minimum Gasteiger partial charge on any atom is -0.426 e. The molecule has 3 heteroatoms. The van der Waals surface area contributed by atoms with E-state index < -0.39 is 0 Å². The van der Waals surface area contributed by atoms with Gasteiger partial charge in [0.2, 0.25) is 0 Å². The second kappa shape index (κ2) is 13.8. The van der Waals surface area contributed by atoms with Crippen LogP contribution in [0.1, 0.15) is 96.5 Å². The van der Waals surface area contributed by atoms with E-state index in [1.807, 2.05) is 12.1 Å². The highest BCUT2D eigenvalue weighted by Gasteiger charge is 2.27. The smallest absolute Gasteiger partial charge is 0.314 e. The van der Waals surface area contributed by atoms with Crippen molar-refractivity contribution in [1.82, 2.24) is 0 Å². The van der Waals surface area contributed by atoms with Gasteiger partial charge in [-0.2, -0.15) is 0 Å². The molecule has 0 aromatic heterocycles. The Labute approximate surface area is 196 Å². The zero-order valence-electron chi connectivity index (χ0n) is 20.4. The van der Waals surface area contributed by atoms with Gasteiger partial charge in [-0.3, -0.25) is 4.79 Å². The third-order valence-electron chi connectivity index (χ3n) is 7.26. The molecule has 3 nitrogen and oxygen atoms in total. The third-order valence-corrected chi connectivity index (χ3v) is 7.26. The zero-order chi connectivity index (χ0) is 22.6. The van der Waals surface area contributed by atoms with Crippen LogP contribution in [-0.2, 0) is 16.0 Å². The Kier molecular flexibility index (Phi) is 10.8. The van der Waals surface area contributed by atoms with Gasteiger partial charge in [-0.25, -0.2) is 0 Å². The van der Waals surface area contributed by atoms with Gasteiger partial charge in [-0.05, 0) is 93.7 Å². The number of carbonyl (C=O) groups excluding carboxylic acids is 1. The summed E-state index contributed by atoms with van der Waals surface area (Å²) in [4.78, 5) is 12.6. The SMILES string of the molecule is CCCCCOC1CCC(/C=C/C2CCC(C(=O)Oc3ccc(CCC)cc3)CC2)CC1. The number of esters is 1. The van der Waals surface area contributed by atoms with Crippen molar-refractivity contribution in [1.29, 1.82) is 0 Å². The predicted octanol–water partition coefficient (Wildman–Crippen LogP) is 7.67. The van der Waals surface area contributed by atoms with Crippen LogP contribution in [0.3, 0.4) is 0 Å². The summed E-state index contributed by atoms with van der Waals surface area (Å²) in [6, 6.07) is 8.00. The molecule has 2 fully saturated rings. The molecule has 0 N–H and O–H groups in total. The van der Waals surface area contributed by atoms with Crippen LogP contribution in [0.2, 0.25) is 0 Å². The van der Waals surface area contributed by atoms with E-state index in [0.717, 1.165) is 45.1 Å². The Morgan fingerprint density at radius 2 is 1.47 bits per heavy atom. The summed E-state index contributed by atoms with van der Waals surface area (Å²) in [5.41, 5.74) is 1.30. The fourth-order valence-electron chi connectivity index (χ4n) is 5.12. The first kappa shape index (κ1) is 25.0. The fraction of sp³-hybridized carbons (Fsp3) is 0.690. The molecule has 2 aliphatic rings. The Hall–Kier alpha value is -1.61. The number of hydrogen-bond acceptors (Lipinski definition) is 3. The Balaban J connectivity index is 1.32. The fourth-order valence-corrected chi connectivity index (χ4v) is 5.12. The first-order valence-electron chi connectivity index (χ1n) is 13.3. The Bertz CT molecular complexity index is 677. The molecule has 2 aliphatic carbocycles. The van der Waals surface area contributed by atoms with Crippen LogP contribution < -0.4 is 4.74 Å². The number of aryl methyl sites for hydroxylation is 1. The van der Waals surface area contributed by atoms with Crippen LogP contribution in [0.5, 0.6) is 5.75 Å². The van der Waals surface area contributed by atoms with E-state index >= 15 is 0 Å². The molecule has 2 saturated carbocycles. The summed E-state index contributed by atoms with van der Waals surface area (Å²) < 4.78 is 11.7. The van der Waals surface area contributed by atoms with Crippen molar-refractivity contribution in [3.63, 3.8) is 0 Å². The summed E-state index contributed by atoms with van der Waals surface area (Å²) in [5.74, 6) is 2.02. The number of unbranched alkanes of at least 4 members (excludes halogenated alkanes) is 2. The van der Waals surface area contributed by atoms with Gasteiger partial charge in [0.15, 0.2) is 0 Å². The largest absolute Gasteiger partial charge is 0.426 e. The summed E-state index contributed by atoms with van der Waals surface area (Å²) in [5, 5.41) is 0. The highest BCUT2D eigenvalue weighted by Crippen LogP contribution is 2.33. The standard InChI is InChI=1S/C29H44O3/c1-3-5-6-22-31-27-18-12-25(13-19-27)9-8-24-10-16-26(17-11-24)29(30)32-28-20-14-23(7-4-2)15-21-28/h8-9,14-15,20-21,24-27H,3-7,10-13,16-19,22H2,1-2H3/b9-8+. The molecule has 0 atom stereocenters. The number of ether oxygens (including phenoxy) is 2. The number of benzene rings is 1. The van der Waals surface area contributed by atoms with Crippen LogP contribution >= 0.6 is 0 Å². The third kappa shape index (κ3) is 8.39. The highest BCUT2D eigenvalue weighted by atomic mass is 16.5. The first-order valence-corrected chi connectivity index (χ1v) is 13.3. The second-order valence-corrected chi connectivity index (χ2v) is 9.93. The number of carbonyl (C=O) groups is 1. The van der Waals surface area contributed by atoms with Crippen LogP contribution in [0.25, 0.3) is 0 Å². The van der Waals surface area contributed by atoms with E-state index in [4.69, 9.17) is 9.47 Å². The molecule has 178 valence electrons. The molecular weight excluding hydrogens is 396 g/mol. The summed E-state index contributed by atoms with van der Waals surface area (Å²) >= 11 is 0. The van der Waals surface area contributed by atoms with Gasteiger partial charge in [0.25, 0.3) is 0 Å². The molecule has 0 bridgehead atoms. The average Bonchev–Trinajstić information content (AvgIpc) is 2.83. The van der Waals surface area contributed by atoms with E-state index in [-0.39, 0.29) is 11.9 Å². The molecule has 0 amide bonds. The van der Waals surface area contributed by atoms with Crippen molar-refractivity contribution in [3.05, 3.63) is 42.0 Å². The molecule has 0 radical (unpaired) electrons. The van der Waals surface area contributed by atoms with E-state index in [1.165, 1.54) is 50.5 Å². The monoisotopic (exact) mass is 440 g/mol. The van der Waals surface area contributed by atoms with Crippen LogP contribution in [0.4, 0.5) is 0 Å². The maximum atomic E-state index is 12.6. The molecular formula is C29H44O3. The van der Waals surface area contributed by atoms with Gasteiger partial charge >= 0.3 is 5.97 Å². The topological polar surface area (TPSA) is 35.5 Å².